The summed E-state index contributed by atoms with van der Waals surface area (Å²) in [5.41, 5.74) is 1.80. The van der Waals surface area contributed by atoms with Crippen LogP contribution in [0.4, 0.5) is 23.2 Å². The van der Waals surface area contributed by atoms with Crippen LogP contribution in [0.2, 0.25) is 0 Å². The fourth-order valence-electron chi connectivity index (χ4n) is 6.96. The van der Waals surface area contributed by atoms with Gasteiger partial charge in [0.2, 0.25) is 0 Å². The van der Waals surface area contributed by atoms with Crippen molar-refractivity contribution in [1.29, 1.82) is 0 Å². The molecule has 7 rings (SSSR count). The maximum absolute atomic E-state index is 15.2. The second-order valence-corrected chi connectivity index (χ2v) is 11.3. The summed E-state index contributed by atoms with van der Waals surface area (Å²) >= 11 is 0. The van der Waals surface area contributed by atoms with Gasteiger partial charge in [0.15, 0.2) is 0 Å². The van der Waals surface area contributed by atoms with Crippen LogP contribution in [0.3, 0.4) is 0 Å². The molecule has 7 nitrogen and oxygen atoms in total. The van der Waals surface area contributed by atoms with Gasteiger partial charge in [-0.3, -0.25) is 0 Å². The van der Waals surface area contributed by atoms with Crippen LogP contribution in [0.1, 0.15) is 59.7 Å². The summed E-state index contributed by atoms with van der Waals surface area (Å²) in [6.07, 6.45) is -0.312. The van der Waals surface area contributed by atoms with Crippen molar-refractivity contribution in [2.24, 2.45) is 11.8 Å². The van der Waals surface area contributed by atoms with Gasteiger partial charge in [0.25, 0.3) is 0 Å². The quantitative estimate of drug-likeness (QED) is 0.222. The third kappa shape index (κ3) is 4.73. The zero-order valence-electron chi connectivity index (χ0n) is 22.2. The molecule has 2 aromatic carbocycles. The van der Waals surface area contributed by atoms with E-state index in [4.69, 9.17) is 14.0 Å². The van der Waals surface area contributed by atoms with Gasteiger partial charge in [-0.1, -0.05) is 17.3 Å². The highest BCUT2D eigenvalue weighted by molar-refractivity contribution is 5.89. The number of rotatable bonds is 8. The minimum absolute atomic E-state index is 0.0540. The molecule has 2 saturated carbocycles. The minimum atomic E-state index is -4.84. The van der Waals surface area contributed by atoms with E-state index in [0.29, 0.717) is 28.6 Å². The summed E-state index contributed by atoms with van der Waals surface area (Å²) in [5, 5.41) is 4.17. The van der Waals surface area contributed by atoms with Gasteiger partial charge >= 0.3 is 12.3 Å². The largest absolute Gasteiger partial charge is 0.573 e. The van der Waals surface area contributed by atoms with E-state index in [-0.39, 0.29) is 53.5 Å². The molecule has 0 amide bonds. The van der Waals surface area contributed by atoms with Gasteiger partial charge in [-0.05, 0) is 68.4 Å². The maximum Gasteiger partial charge on any atom is 0.573 e. The lowest BCUT2D eigenvalue weighted by Crippen LogP contribution is -2.42. The third-order valence-electron chi connectivity index (χ3n) is 8.89. The zero-order chi connectivity index (χ0) is 28.5. The number of hydrogen-bond acceptors (Lipinski definition) is 7. The first kappa shape index (κ1) is 26.3. The molecule has 216 valence electrons. The molecular weight excluding hydrogens is 544 g/mol. The molecule has 4 fully saturated rings. The number of esters is 1. The Morgan fingerprint density at radius 3 is 2.66 bits per heavy atom. The van der Waals surface area contributed by atoms with E-state index in [2.05, 4.69) is 14.8 Å². The molecule has 0 spiro atoms. The second kappa shape index (κ2) is 9.75. The van der Waals surface area contributed by atoms with Crippen molar-refractivity contribution >= 4 is 11.7 Å². The Labute approximate surface area is 233 Å². The van der Waals surface area contributed by atoms with Crippen molar-refractivity contribution in [3.63, 3.8) is 0 Å². The Bertz CT molecular complexity index is 1490. The molecule has 2 aliphatic heterocycles. The molecule has 2 bridgehead atoms. The average molecular weight is 573 g/mol. The minimum Gasteiger partial charge on any atom is -0.465 e. The fourth-order valence-corrected chi connectivity index (χ4v) is 6.96. The van der Waals surface area contributed by atoms with Crippen molar-refractivity contribution in [2.45, 2.75) is 69.2 Å². The fraction of sp³-hybridized carbons (Fsp3) is 0.467. The summed E-state index contributed by atoms with van der Waals surface area (Å²) in [4.78, 5) is 14.0. The number of fused-ring (bicyclic) bond motifs is 4. The number of halogens is 4. The van der Waals surface area contributed by atoms with Crippen LogP contribution in [0.15, 0.2) is 47.0 Å². The van der Waals surface area contributed by atoms with Gasteiger partial charge in [-0.2, -0.15) is 0 Å². The number of hydrogen-bond donors (Lipinski definition) is 0. The van der Waals surface area contributed by atoms with E-state index in [0.717, 1.165) is 32.1 Å². The Morgan fingerprint density at radius 1 is 1.12 bits per heavy atom. The van der Waals surface area contributed by atoms with Crippen LogP contribution >= 0.6 is 0 Å². The van der Waals surface area contributed by atoms with E-state index < -0.39 is 18.1 Å². The highest BCUT2D eigenvalue weighted by atomic mass is 19.4. The van der Waals surface area contributed by atoms with Crippen LogP contribution in [0.5, 0.6) is 5.75 Å². The van der Waals surface area contributed by atoms with Crippen molar-refractivity contribution < 1.29 is 41.1 Å². The molecule has 41 heavy (non-hydrogen) atoms. The van der Waals surface area contributed by atoms with Crippen LogP contribution in [0.25, 0.3) is 11.3 Å². The number of anilines is 1. The molecule has 4 unspecified atom stereocenters. The van der Waals surface area contributed by atoms with Gasteiger partial charge in [0.1, 0.15) is 23.0 Å². The summed E-state index contributed by atoms with van der Waals surface area (Å²) in [7, 11) is 1.26. The van der Waals surface area contributed by atoms with E-state index in [1.54, 1.807) is 18.2 Å². The van der Waals surface area contributed by atoms with E-state index in [1.807, 2.05) is 0 Å². The first-order valence-corrected chi connectivity index (χ1v) is 13.8. The molecule has 11 heteroatoms. The predicted octanol–water partition coefficient (Wildman–Crippen LogP) is 6.62. The molecule has 0 N–H and O–H groups in total. The molecule has 0 radical (unpaired) electrons. The number of nitrogens with zero attached hydrogens (tertiary/aromatic N) is 2. The smallest absolute Gasteiger partial charge is 0.465 e. The second-order valence-electron chi connectivity index (χ2n) is 11.3. The first-order chi connectivity index (χ1) is 19.7. The monoisotopic (exact) mass is 572 g/mol. The Morgan fingerprint density at radius 2 is 1.93 bits per heavy atom. The summed E-state index contributed by atoms with van der Waals surface area (Å²) in [6.45, 7) is 0.155. The molecule has 2 saturated heterocycles. The lowest BCUT2D eigenvalue weighted by molar-refractivity contribution is -0.274. The van der Waals surface area contributed by atoms with Gasteiger partial charge in [-0.15, -0.1) is 13.2 Å². The molecule has 3 heterocycles. The number of ether oxygens (including phenoxy) is 3. The van der Waals surface area contributed by atoms with Crippen molar-refractivity contribution in [3.05, 3.63) is 65.2 Å². The van der Waals surface area contributed by atoms with Crippen molar-refractivity contribution in [2.75, 3.05) is 12.0 Å². The van der Waals surface area contributed by atoms with Gasteiger partial charge in [0.05, 0.1) is 31.1 Å². The van der Waals surface area contributed by atoms with Crippen LogP contribution in [0, 0.1) is 17.7 Å². The highest BCUT2D eigenvalue weighted by Crippen LogP contribution is 2.59. The van der Waals surface area contributed by atoms with Gasteiger partial charge in [0, 0.05) is 35.0 Å². The number of carbonyl (C=O) groups excluding carboxylic acids is 1. The zero-order valence-corrected chi connectivity index (χ0v) is 22.2. The number of aromatic nitrogens is 1. The van der Waals surface area contributed by atoms with Crippen LogP contribution in [-0.4, -0.2) is 42.8 Å². The average Bonchev–Trinajstić information content (AvgIpc) is 3.84. The first-order valence-electron chi connectivity index (χ1n) is 13.8. The standard InChI is InChI=1S/C30H28F4N2O5/c1-38-29(37)16-8-10-22(21(31)12-16)36-17-9-11-23(36)25-19(13-17)28(25)39-14-20-26(35-41-27(20)15-6-7-15)18-4-2-3-5-24(18)40-30(32,33)34/h2-5,8,10,12,15,17,19,23,25,28H,6-7,9,11,13-14H2,1H3/t17?,19?,23?,25?,28-/m0/s1. The van der Waals surface area contributed by atoms with E-state index in [1.165, 1.54) is 31.4 Å². The van der Waals surface area contributed by atoms with Gasteiger partial charge < -0.3 is 23.6 Å². The van der Waals surface area contributed by atoms with Crippen LogP contribution in [-0.2, 0) is 16.1 Å². The number of alkyl halides is 3. The number of methoxy groups -OCH3 is 1. The van der Waals surface area contributed by atoms with Gasteiger partial charge in [-0.25, -0.2) is 9.18 Å². The van der Waals surface area contributed by atoms with E-state index >= 15 is 4.39 Å². The van der Waals surface area contributed by atoms with Crippen molar-refractivity contribution in [1.82, 2.24) is 5.16 Å². The summed E-state index contributed by atoms with van der Waals surface area (Å²) in [5.74, 6) is -0.0130. The molecule has 2 aliphatic carbocycles. The van der Waals surface area contributed by atoms with Crippen molar-refractivity contribution in [3.8, 4) is 17.0 Å². The SMILES string of the molecule is COC(=O)c1ccc(N2C3CCC2C2C(C3)[C@@H]2OCc2c(-c3ccccc3OC(F)(F)F)noc2C2CC2)c(F)c1. The molecule has 5 atom stereocenters. The molecule has 3 aromatic rings. The number of para-hydroxylation sites is 1. The maximum atomic E-state index is 15.2. The molecular formula is C30H28F4N2O5. The normalized spacial score (nSPS) is 26.6. The topological polar surface area (TPSA) is 74.0 Å². The number of piperidine rings is 1. The summed E-state index contributed by atoms with van der Waals surface area (Å²) < 4.78 is 75.6. The number of benzene rings is 2. The lowest BCUT2D eigenvalue weighted by Gasteiger charge is -2.36. The molecule has 4 aliphatic rings. The third-order valence-corrected chi connectivity index (χ3v) is 8.89. The van der Waals surface area contributed by atoms with Crippen LogP contribution < -0.4 is 9.64 Å². The number of carbonyl (C=O) groups is 1. The Kier molecular flexibility index (Phi) is 6.26. The summed E-state index contributed by atoms with van der Waals surface area (Å²) in [6, 6.07) is 10.6. The Hall–Kier alpha value is -3.60. The lowest BCUT2D eigenvalue weighted by atomic mass is 10.0. The Balaban J connectivity index is 1.11. The predicted molar refractivity (Wildman–Crippen MR) is 138 cm³/mol. The highest BCUT2D eigenvalue weighted by Gasteiger charge is 2.63. The van der Waals surface area contributed by atoms with E-state index in [9.17, 15) is 18.0 Å². The molecule has 1 aromatic heterocycles.